The number of nitrogens with zero attached hydrogens (tertiary/aromatic N) is 1. The predicted molar refractivity (Wildman–Crippen MR) is 75.1 cm³/mol. The van der Waals surface area contributed by atoms with Crippen LogP contribution in [-0.4, -0.2) is 17.0 Å². The molecule has 2 unspecified atom stereocenters. The number of carbonyl (C=O) groups excluding carboxylic acids is 1. The Morgan fingerprint density at radius 3 is 2.62 bits per heavy atom. The van der Waals surface area contributed by atoms with Gasteiger partial charge in [-0.25, -0.2) is 0 Å². The molecule has 2 aliphatic carbocycles. The molecule has 21 heavy (non-hydrogen) atoms. The molecule has 0 radical (unpaired) electrons. The molecule has 1 amide bonds. The molecule has 2 N–H and O–H groups in total. The first-order valence-electron chi connectivity index (χ1n) is 6.82. The van der Waals surface area contributed by atoms with E-state index in [2.05, 4.69) is 5.32 Å². The van der Waals surface area contributed by atoms with Crippen molar-refractivity contribution in [1.29, 1.82) is 5.26 Å². The molecule has 3 rings (SSSR count). The minimum absolute atomic E-state index is 0.00440. The molecule has 0 saturated heterocycles. The van der Waals surface area contributed by atoms with Crippen molar-refractivity contribution in [2.24, 2.45) is 23.7 Å². The molecule has 2 bridgehead atoms. The van der Waals surface area contributed by atoms with Crippen LogP contribution < -0.4 is 5.32 Å². The number of hydrogen-bond donors (Lipinski definition) is 2. The second-order valence-corrected chi connectivity index (χ2v) is 5.52. The van der Waals surface area contributed by atoms with Crippen LogP contribution in [0, 0.1) is 35.0 Å². The number of anilines is 1. The van der Waals surface area contributed by atoms with Crippen molar-refractivity contribution >= 4 is 17.6 Å². The molecule has 1 aromatic rings. The van der Waals surface area contributed by atoms with Crippen molar-refractivity contribution in [3.05, 3.63) is 42.0 Å². The van der Waals surface area contributed by atoms with Gasteiger partial charge in [-0.15, -0.1) is 0 Å². The summed E-state index contributed by atoms with van der Waals surface area (Å²) in [4.78, 5) is 23.8. The van der Waals surface area contributed by atoms with Crippen LogP contribution in [0.4, 0.5) is 5.69 Å². The largest absolute Gasteiger partial charge is 0.481 e. The minimum atomic E-state index is -0.919. The van der Waals surface area contributed by atoms with Crippen LogP contribution in [0.2, 0.25) is 0 Å². The average molecular weight is 282 g/mol. The number of allylic oxidation sites excluding steroid dienone is 2. The Morgan fingerprint density at radius 1 is 1.24 bits per heavy atom. The Labute approximate surface area is 121 Å². The lowest BCUT2D eigenvalue weighted by Crippen LogP contribution is -2.36. The number of nitrogens with one attached hydrogen (secondary N) is 1. The zero-order chi connectivity index (χ0) is 15.0. The van der Waals surface area contributed by atoms with Crippen LogP contribution >= 0.6 is 0 Å². The summed E-state index contributed by atoms with van der Waals surface area (Å²) in [6, 6.07) is 8.61. The molecule has 1 fully saturated rings. The molecule has 1 aromatic carbocycles. The Balaban J connectivity index is 1.80. The molecule has 5 heteroatoms. The number of nitriles is 1. The third-order valence-electron chi connectivity index (χ3n) is 4.31. The van der Waals surface area contributed by atoms with Crippen LogP contribution in [0.1, 0.15) is 12.0 Å². The molecule has 0 spiro atoms. The lowest BCUT2D eigenvalue weighted by molar-refractivity contribution is -0.146. The maximum atomic E-state index is 12.4. The number of carboxylic acid groups (broad SMARTS) is 1. The van der Waals surface area contributed by atoms with E-state index < -0.39 is 17.8 Å². The Bertz CT molecular complexity index is 674. The maximum absolute atomic E-state index is 12.4. The van der Waals surface area contributed by atoms with Gasteiger partial charge in [0.15, 0.2) is 0 Å². The van der Waals surface area contributed by atoms with E-state index in [1.807, 2.05) is 18.2 Å². The molecular formula is C16H14N2O3. The quantitative estimate of drug-likeness (QED) is 0.830. The summed E-state index contributed by atoms with van der Waals surface area (Å²) >= 11 is 0. The summed E-state index contributed by atoms with van der Waals surface area (Å²) in [6.07, 6.45) is 4.58. The first kappa shape index (κ1) is 13.4. The SMILES string of the molecule is N#Cc1cccc(NC(=O)[C@H]2C3C=CC(C3)[C@H]2C(=O)O)c1. The fourth-order valence-electron chi connectivity index (χ4n) is 3.41. The van der Waals surface area contributed by atoms with Crippen LogP contribution in [0.3, 0.4) is 0 Å². The zero-order valence-electron chi connectivity index (χ0n) is 11.2. The number of carboxylic acids is 1. The maximum Gasteiger partial charge on any atom is 0.307 e. The van der Waals surface area contributed by atoms with Crippen LogP contribution in [0.15, 0.2) is 36.4 Å². The number of carbonyl (C=O) groups is 2. The summed E-state index contributed by atoms with van der Waals surface area (Å²) in [5, 5.41) is 20.9. The van der Waals surface area contributed by atoms with Gasteiger partial charge in [0, 0.05) is 5.69 Å². The van der Waals surface area contributed by atoms with Gasteiger partial charge >= 0.3 is 5.97 Å². The second kappa shape index (κ2) is 5.06. The highest BCUT2D eigenvalue weighted by molar-refractivity contribution is 5.96. The van der Waals surface area contributed by atoms with Gasteiger partial charge in [0.25, 0.3) is 0 Å². The number of aliphatic carboxylic acids is 1. The van der Waals surface area contributed by atoms with Gasteiger partial charge in [-0.1, -0.05) is 18.2 Å². The summed E-state index contributed by atoms with van der Waals surface area (Å²) in [5.74, 6) is -2.45. The molecular weight excluding hydrogens is 268 g/mol. The van der Waals surface area contributed by atoms with Crippen molar-refractivity contribution in [3.63, 3.8) is 0 Å². The Morgan fingerprint density at radius 2 is 1.95 bits per heavy atom. The molecule has 0 heterocycles. The normalized spacial score (nSPS) is 29.1. The Hall–Kier alpha value is -2.61. The van der Waals surface area contributed by atoms with Gasteiger partial charge in [0.2, 0.25) is 5.91 Å². The summed E-state index contributed by atoms with van der Waals surface area (Å²) < 4.78 is 0. The van der Waals surface area contributed by atoms with E-state index in [4.69, 9.17) is 5.26 Å². The van der Waals surface area contributed by atoms with Gasteiger partial charge in [-0.3, -0.25) is 9.59 Å². The van der Waals surface area contributed by atoms with E-state index >= 15 is 0 Å². The highest BCUT2D eigenvalue weighted by Gasteiger charge is 2.51. The number of fused-ring (bicyclic) bond motifs is 2. The summed E-state index contributed by atoms with van der Waals surface area (Å²) in [7, 11) is 0. The highest BCUT2D eigenvalue weighted by Crippen LogP contribution is 2.48. The van der Waals surface area contributed by atoms with Crippen LogP contribution in [0.5, 0.6) is 0 Å². The first-order chi connectivity index (χ1) is 10.1. The average Bonchev–Trinajstić information content (AvgIpc) is 3.07. The molecule has 2 aliphatic rings. The van der Waals surface area contributed by atoms with Gasteiger partial charge in [-0.2, -0.15) is 5.26 Å². The van der Waals surface area contributed by atoms with Crippen molar-refractivity contribution in [2.75, 3.05) is 5.32 Å². The molecule has 5 nitrogen and oxygen atoms in total. The lowest BCUT2D eigenvalue weighted by atomic mass is 9.82. The standard InChI is InChI=1S/C16H14N2O3/c17-8-9-2-1-3-12(6-9)18-15(19)13-10-4-5-11(7-10)14(13)16(20)21/h1-6,10-11,13-14H,7H2,(H,18,19)(H,20,21)/t10?,11?,13-,14+/m0/s1. The van der Waals surface area contributed by atoms with E-state index in [0.717, 1.165) is 6.42 Å². The second-order valence-electron chi connectivity index (χ2n) is 5.52. The van der Waals surface area contributed by atoms with E-state index in [1.54, 1.807) is 24.3 Å². The van der Waals surface area contributed by atoms with Crippen molar-refractivity contribution in [1.82, 2.24) is 0 Å². The van der Waals surface area contributed by atoms with E-state index in [1.165, 1.54) is 0 Å². The van der Waals surface area contributed by atoms with Crippen molar-refractivity contribution in [2.45, 2.75) is 6.42 Å². The highest BCUT2D eigenvalue weighted by atomic mass is 16.4. The molecule has 0 aliphatic heterocycles. The Kier molecular flexibility index (Phi) is 3.22. The smallest absolute Gasteiger partial charge is 0.307 e. The van der Waals surface area contributed by atoms with E-state index in [9.17, 15) is 14.7 Å². The fraction of sp³-hybridized carbons (Fsp3) is 0.312. The number of benzene rings is 1. The van der Waals surface area contributed by atoms with Crippen LogP contribution in [-0.2, 0) is 9.59 Å². The topological polar surface area (TPSA) is 90.2 Å². The predicted octanol–water partition coefficient (Wildman–Crippen LogP) is 2.02. The molecule has 1 saturated carbocycles. The lowest BCUT2D eigenvalue weighted by Gasteiger charge is -2.23. The van der Waals surface area contributed by atoms with Crippen LogP contribution in [0.25, 0.3) is 0 Å². The third-order valence-corrected chi connectivity index (χ3v) is 4.31. The van der Waals surface area contributed by atoms with Crippen molar-refractivity contribution in [3.8, 4) is 6.07 Å². The van der Waals surface area contributed by atoms with Gasteiger partial charge < -0.3 is 10.4 Å². The van der Waals surface area contributed by atoms with Gasteiger partial charge in [0.05, 0.1) is 23.5 Å². The van der Waals surface area contributed by atoms with Gasteiger partial charge in [0.1, 0.15) is 0 Å². The third kappa shape index (κ3) is 2.29. The monoisotopic (exact) mass is 282 g/mol. The van der Waals surface area contributed by atoms with Gasteiger partial charge in [-0.05, 0) is 36.5 Å². The molecule has 0 aromatic heterocycles. The summed E-state index contributed by atoms with van der Waals surface area (Å²) in [6.45, 7) is 0. The number of hydrogen-bond acceptors (Lipinski definition) is 3. The number of amides is 1. The summed E-state index contributed by atoms with van der Waals surface area (Å²) in [5.41, 5.74) is 0.977. The molecule has 4 atom stereocenters. The first-order valence-corrected chi connectivity index (χ1v) is 6.82. The van der Waals surface area contributed by atoms with E-state index in [-0.39, 0.29) is 17.7 Å². The molecule has 106 valence electrons. The zero-order valence-corrected chi connectivity index (χ0v) is 11.2. The van der Waals surface area contributed by atoms with Crippen molar-refractivity contribution < 1.29 is 14.7 Å². The number of rotatable bonds is 3. The minimum Gasteiger partial charge on any atom is -0.481 e. The van der Waals surface area contributed by atoms with E-state index in [0.29, 0.717) is 11.3 Å². The fourth-order valence-corrected chi connectivity index (χ4v) is 3.41.